The molecule has 0 aliphatic rings. The van der Waals surface area contributed by atoms with Gasteiger partial charge in [0.1, 0.15) is 0 Å². The molecule has 14 heavy (non-hydrogen) atoms. The average Bonchev–Trinajstić information content (AvgIpc) is 2.03. The van der Waals surface area contributed by atoms with Gasteiger partial charge < -0.3 is 5.32 Å². The van der Waals surface area contributed by atoms with Crippen LogP contribution >= 0.6 is 0 Å². The Balaban J connectivity index is 3.75. The molecular weight excluding hydrogens is 195 g/mol. The summed E-state index contributed by atoms with van der Waals surface area (Å²) in [6, 6.07) is 1.57. The van der Waals surface area contributed by atoms with Crippen LogP contribution in [0, 0.1) is 11.3 Å². The van der Waals surface area contributed by atoms with E-state index in [1.54, 1.807) is 7.05 Å². The van der Waals surface area contributed by atoms with Crippen molar-refractivity contribution in [2.45, 2.75) is 18.6 Å². The number of hydrogen-bond donors (Lipinski definition) is 1. The Hall–Kier alpha value is -0.800. The van der Waals surface area contributed by atoms with Crippen LogP contribution in [0.15, 0.2) is 0 Å². The fourth-order valence-corrected chi connectivity index (χ4v) is 1.01. The largest absolute Gasteiger partial charge is 0.401 e. The third-order valence-corrected chi connectivity index (χ3v) is 1.75. The van der Waals surface area contributed by atoms with Crippen LogP contribution in [0.4, 0.5) is 13.2 Å². The van der Waals surface area contributed by atoms with Crippen LogP contribution in [0.3, 0.4) is 0 Å². The van der Waals surface area contributed by atoms with Crippen molar-refractivity contribution in [1.82, 2.24) is 10.2 Å². The minimum atomic E-state index is -4.17. The highest BCUT2D eigenvalue weighted by Crippen LogP contribution is 2.15. The second-order valence-electron chi connectivity index (χ2n) is 3.11. The smallest absolute Gasteiger partial charge is 0.305 e. The highest BCUT2D eigenvalue weighted by atomic mass is 19.4. The van der Waals surface area contributed by atoms with Crippen LogP contribution in [0.1, 0.15) is 6.42 Å². The number of nitrogens with zero attached hydrogens (tertiary/aromatic N) is 2. The maximum Gasteiger partial charge on any atom is 0.401 e. The molecule has 1 atom stereocenters. The summed E-state index contributed by atoms with van der Waals surface area (Å²) in [5.74, 6) is 0. The van der Waals surface area contributed by atoms with Gasteiger partial charge in [0.05, 0.1) is 18.7 Å². The molecule has 1 unspecified atom stereocenters. The summed E-state index contributed by atoms with van der Waals surface area (Å²) < 4.78 is 35.6. The van der Waals surface area contributed by atoms with E-state index in [1.807, 2.05) is 6.07 Å². The van der Waals surface area contributed by atoms with Gasteiger partial charge in [0.15, 0.2) is 0 Å². The molecule has 0 aromatic heterocycles. The molecular formula is C8H14F3N3. The van der Waals surface area contributed by atoms with E-state index in [2.05, 4.69) is 5.32 Å². The van der Waals surface area contributed by atoms with Gasteiger partial charge in [-0.25, -0.2) is 0 Å². The minimum absolute atomic E-state index is 0.249. The number of hydrogen-bond acceptors (Lipinski definition) is 3. The van der Waals surface area contributed by atoms with Gasteiger partial charge in [0.2, 0.25) is 0 Å². The molecule has 0 fully saturated rings. The molecule has 0 amide bonds. The van der Waals surface area contributed by atoms with Crippen LogP contribution in [-0.4, -0.2) is 44.3 Å². The summed E-state index contributed by atoms with van der Waals surface area (Å²) in [5.41, 5.74) is 0. The Kier molecular flexibility index (Phi) is 5.50. The monoisotopic (exact) mass is 209 g/mol. The number of nitriles is 1. The zero-order valence-corrected chi connectivity index (χ0v) is 8.23. The predicted molar refractivity (Wildman–Crippen MR) is 46.6 cm³/mol. The van der Waals surface area contributed by atoms with Crippen molar-refractivity contribution in [3.8, 4) is 6.07 Å². The molecule has 0 radical (unpaired) electrons. The van der Waals surface area contributed by atoms with Crippen molar-refractivity contribution in [3.63, 3.8) is 0 Å². The SMILES string of the molecule is CNC(C#N)CCN(C)CC(F)(F)F. The summed E-state index contributed by atoms with van der Waals surface area (Å²) in [4.78, 5) is 1.15. The van der Waals surface area contributed by atoms with E-state index in [0.717, 1.165) is 4.90 Å². The van der Waals surface area contributed by atoms with E-state index in [9.17, 15) is 13.2 Å². The van der Waals surface area contributed by atoms with Crippen LogP contribution in [-0.2, 0) is 0 Å². The first kappa shape index (κ1) is 13.2. The van der Waals surface area contributed by atoms with Crippen molar-refractivity contribution < 1.29 is 13.2 Å². The molecule has 0 aromatic rings. The first-order chi connectivity index (χ1) is 6.39. The molecule has 0 saturated heterocycles. The third-order valence-electron chi connectivity index (χ3n) is 1.75. The number of halogens is 3. The Morgan fingerprint density at radius 1 is 1.50 bits per heavy atom. The zero-order chi connectivity index (χ0) is 11.2. The van der Waals surface area contributed by atoms with Crippen molar-refractivity contribution >= 4 is 0 Å². The van der Waals surface area contributed by atoms with Crippen molar-refractivity contribution in [1.29, 1.82) is 5.26 Å². The van der Waals surface area contributed by atoms with Gasteiger partial charge in [0, 0.05) is 6.54 Å². The maximum absolute atomic E-state index is 11.9. The van der Waals surface area contributed by atoms with Gasteiger partial charge in [-0.05, 0) is 20.5 Å². The summed E-state index contributed by atoms with van der Waals surface area (Å²) in [7, 11) is 3.00. The number of nitrogens with one attached hydrogen (secondary N) is 1. The fourth-order valence-electron chi connectivity index (χ4n) is 1.01. The quantitative estimate of drug-likeness (QED) is 0.733. The second-order valence-corrected chi connectivity index (χ2v) is 3.11. The highest BCUT2D eigenvalue weighted by Gasteiger charge is 2.29. The van der Waals surface area contributed by atoms with Crippen molar-refractivity contribution in [2.24, 2.45) is 0 Å². The average molecular weight is 209 g/mol. The normalized spacial score (nSPS) is 14.1. The molecule has 0 heterocycles. The van der Waals surface area contributed by atoms with Crippen LogP contribution in [0.5, 0.6) is 0 Å². The molecule has 0 aromatic carbocycles. The van der Waals surface area contributed by atoms with E-state index < -0.39 is 12.7 Å². The maximum atomic E-state index is 11.9. The van der Waals surface area contributed by atoms with E-state index >= 15 is 0 Å². The molecule has 0 spiro atoms. The lowest BCUT2D eigenvalue weighted by molar-refractivity contribution is -0.143. The lowest BCUT2D eigenvalue weighted by Gasteiger charge is -2.19. The molecule has 0 rings (SSSR count). The zero-order valence-electron chi connectivity index (χ0n) is 8.23. The second kappa shape index (κ2) is 5.83. The first-order valence-corrected chi connectivity index (χ1v) is 4.21. The molecule has 82 valence electrons. The van der Waals surface area contributed by atoms with Crippen LogP contribution in [0.25, 0.3) is 0 Å². The van der Waals surface area contributed by atoms with Gasteiger partial charge >= 0.3 is 6.18 Å². The topological polar surface area (TPSA) is 39.1 Å². The van der Waals surface area contributed by atoms with Gasteiger partial charge in [-0.3, -0.25) is 4.90 Å². The molecule has 6 heteroatoms. The Labute approximate surface area is 81.5 Å². The van der Waals surface area contributed by atoms with E-state index in [-0.39, 0.29) is 12.6 Å². The molecule has 0 bridgehead atoms. The van der Waals surface area contributed by atoms with E-state index in [4.69, 9.17) is 5.26 Å². The number of rotatable bonds is 5. The Morgan fingerprint density at radius 3 is 2.43 bits per heavy atom. The van der Waals surface area contributed by atoms with Crippen molar-refractivity contribution in [2.75, 3.05) is 27.2 Å². The molecule has 0 aliphatic carbocycles. The fraction of sp³-hybridized carbons (Fsp3) is 0.875. The van der Waals surface area contributed by atoms with E-state index in [0.29, 0.717) is 6.42 Å². The lowest BCUT2D eigenvalue weighted by Crippen LogP contribution is -2.35. The van der Waals surface area contributed by atoms with Gasteiger partial charge in [-0.15, -0.1) is 0 Å². The minimum Gasteiger partial charge on any atom is -0.305 e. The predicted octanol–water partition coefficient (Wildman–Crippen LogP) is 0.982. The van der Waals surface area contributed by atoms with Crippen molar-refractivity contribution in [3.05, 3.63) is 0 Å². The summed E-state index contributed by atoms with van der Waals surface area (Å²) in [6.45, 7) is -0.687. The summed E-state index contributed by atoms with van der Waals surface area (Å²) in [6.07, 6.45) is -3.78. The Bertz CT molecular complexity index is 197. The number of alkyl halides is 3. The van der Waals surface area contributed by atoms with Gasteiger partial charge in [0.25, 0.3) is 0 Å². The lowest BCUT2D eigenvalue weighted by atomic mass is 10.2. The summed E-state index contributed by atoms with van der Waals surface area (Å²) >= 11 is 0. The summed E-state index contributed by atoms with van der Waals surface area (Å²) in [5, 5.41) is 11.2. The van der Waals surface area contributed by atoms with Crippen LogP contribution in [0.2, 0.25) is 0 Å². The molecule has 0 saturated carbocycles. The van der Waals surface area contributed by atoms with Gasteiger partial charge in [-0.1, -0.05) is 0 Å². The molecule has 1 N–H and O–H groups in total. The van der Waals surface area contributed by atoms with Gasteiger partial charge in [-0.2, -0.15) is 18.4 Å². The van der Waals surface area contributed by atoms with Crippen LogP contribution < -0.4 is 5.32 Å². The van der Waals surface area contributed by atoms with E-state index in [1.165, 1.54) is 7.05 Å². The third kappa shape index (κ3) is 6.69. The molecule has 0 aliphatic heterocycles. The molecule has 3 nitrogen and oxygen atoms in total. The Morgan fingerprint density at radius 2 is 2.07 bits per heavy atom. The standard InChI is InChI=1S/C8H14F3N3/c1-13-7(5-12)3-4-14(2)6-8(9,10)11/h7,13H,3-4,6H2,1-2H3. The first-order valence-electron chi connectivity index (χ1n) is 4.21. The highest BCUT2D eigenvalue weighted by molar-refractivity contribution is 4.88.